The molecule has 3 nitrogen and oxygen atoms in total. The molecule has 0 radical (unpaired) electrons. The molecule has 1 heterocycles. The smallest absolute Gasteiger partial charge is 0.105 e. The molecule has 0 spiro atoms. The predicted octanol–water partition coefficient (Wildman–Crippen LogP) is 1.70. The fourth-order valence-corrected chi connectivity index (χ4v) is 1.55. The van der Waals surface area contributed by atoms with Crippen LogP contribution < -0.4 is 5.73 Å². The van der Waals surface area contributed by atoms with Crippen molar-refractivity contribution in [2.45, 2.75) is 20.0 Å². The molecule has 15 heavy (non-hydrogen) atoms. The summed E-state index contributed by atoms with van der Waals surface area (Å²) in [4.78, 5) is 4.19. The molecule has 2 rings (SSSR count). The lowest BCUT2D eigenvalue weighted by atomic mass is 10.1. The first-order valence-corrected chi connectivity index (χ1v) is 5.05. The molecule has 0 bridgehead atoms. The van der Waals surface area contributed by atoms with E-state index >= 15 is 0 Å². The molecule has 0 fully saturated rings. The van der Waals surface area contributed by atoms with E-state index in [9.17, 15) is 0 Å². The van der Waals surface area contributed by atoms with Crippen LogP contribution in [-0.4, -0.2) is 9.55 Å². The number of nitrogens with zero attached hydrogens (tertiary/aromatic N) is 2. The lowest BCUT2D eigenvalue weighted by Gasteiger charge is -2.05. The van der Waals surface area contributed by atoms with Crippen LogP contribution >= 0.6 is 0 Å². The quantitative estimate of drug-likeness (QED) is 0.821. The first-order chi connectivity index (χ1) is 7.29. The molecule has 0 saturated heterocycles. The van der Waals surface area contributed by atoms with Gasteiger partial charge in [0.05, 0.1) is 0 Å². The Bertz CT molecular complexity index is 428. The molecule has 0 aliphatic carbocycles. The largest absolute Gasteiger partial charge is 0.331 e. The summed E-state index contributed by atoms with van der Waals surface area (Å²) >= 11 is 0. The van der Waals surface area contributed by atoms with Crippen molar-refractivity contribution in [2.75, 3.05) is 0 Å². The van der Waals surface area contributed by atoms with Crippen molar-refractivity contribution in [1.29, 1.82) is 0 Å². The van der Waals surface area contributed by atoms with Crippen LogP contribution in [0.25, 0.3) is 0 Å². The molecule has 2 aromatic rings. The van der Waals surface area contributed by atoms with Gasteiger partial charge in [0.1, 0.15) is 5.82 Å². The Balaban J connectivity index is 2.14. The number of nitrogens with two attached hydrogens (primary N) is 1. The van der Waals surface area contributed by atoms with Gasteiger partial charge in [-0.3, -0.25) is 0 Å². The molecule has 0 saturated carbocycles. The normalized spacial score (nSPS) is 10.5. The number of aromatic nitrogens is 2. The van der Waals surface area contributed by atoms with Gasteiger partial charge in [0.25, 0.3) is 0 Å². The summed E-state index contributed by atoms with van der Waals surface area (Å²) in [5.41, 5.74) is 7.98. The summed E-state index contributed by atoms with van der Waals surface area (Å²) in [5, 5.41) is 0. The van der Waals surface area contributed by atoms with Crippen LogP contribution in [0.15, 0.2) is 36.7 Å². The van der Waals surface area contributed by atoms with Gasteiger partial charge in [-0.05, 0) is 18.1 Å². The molecule has 78 valence electrons. The molecule has 1 aromatic heterocycles. The van der Waals surface area contributed by atoms with Crippen LogP contribution in [0.4, 0.5) is 0 Å². The van der Waals surface area contributed by atoms with Gasteiger partial charge in [0, 0.05) is 25.5 Å². The third-order valence-corrected chi connectivity index (χ3v) is 2.54. The molecule has 0 unspecified atom stereocenters. The number of hydrogen-bond acceptors (Lipinski definition) is 2. The Hall–Kier alpha value is -1.61. The number of imidazole rings is 1. The van der Waals surface area contributed by atoms with Gasteiger partial charge >= 0.3 is 0 Å². The summed E-state index contributed by atoms with van der Waals surface area (Å²) in [5.74, 6) is 1.04. The molecule has 3 heteroatoms. The van der Waals surface area contributed by atoms with Gasteiger partial charge in [-0.2, -0.15) is 0 Å². The zero-order valence-corrected chi connectivity index (χ0v) is 8.85. The van der Waals surface area contributed by atoms with Crippen molar-refractivity contribution in [3.8, 4) is 0 Å². The number of aryl methyl sites for hydroxylation is 1. The molecular weight excluding hydrogens is 186 g/mol. The van der Waals surface area contributed by atoms with E-state index in [4.69, 9.17) is 5.73 Å². The Kier molecular flexibility index (Phi) is 2.83. The minimum absolute atomic E-state index is 0.602. The van der Waals surface area contributed by atoms with Gasteiger partial charge in [-0.15, -0.1) is 0 Å². The maximum Gasteiger partial charge on any atom is 0.105 e. The summed E-state index contributed by atoms with van der Waals surface area (Å²) in [6.45, 7) is 3.48. The summed E-state index contributed by atoms with van der Waals surface area (Å²) in [6.07, 6.45) is 3.82. The van der Waals surface area contributed by atoms with Crippen LogP contribution in [0.1, 0.15) is 17.0 Å². The fraction of sp³-hybridized carbons (Fsp3) is 0.250. The molecule has 2 N–H and O–H groups in total. The molecular formula is C12H15N3. The van der Waals surface area contributed by atoms with Crippen molar-refractivity contribution in [3.63, 3.8) is 0 Å². The third kappa shape index (κ3) is 2.25. The first-order valence-electron chi connectivity index (χ1n) is 5.05. The Morgan fingerprint density at radius 2 is 1.87 bits per heavy atom. The second kappa shape index (κ2) is 4.28. The maximum absolute atomic E-state index is 5.54. The number of benzene rings is 1. The zero-order valence-electron chi connectivity index (χ0n) is 8.85. The van der Waals surface area contributed by atoms with E-state index in [1.807, 2.05) is 19.3 Å². The van der Waals surface area contributed by atoms with Crippen molar-refractivity contribution in [1.82, 2.24) is 9.55 Å². The third-order valence-electron chi connectivity index (χ3n) is 2.54. The van der Waals surface area contributed by atoms with Crippen LogP contribution in [0.5, 0.6) is 0 Å². The van der Waals surface area contributed by atoms with Gasteiger partial charge in [-0.25, -0.2) is 4.98 Å². The standard InChI is InChI=1S/C12H15N3/c1-10-14-6-7-15(10)9-12-4-2-11(8-13)3-5-12/h2-7H,8-9,13H2,1H3. The van der Waals surface area contributed by atoms with E-state index < -0.39 is 0 Å². The minimum atomic E-state index is 0.602. The number of rotatable bonds is 3. The zero-order chi connectivity index (χ0) is 10.7. The average Bonchev–Trinajstić information content (AvgIpc) is 2.66. The summed E-state index contributed by atoms with van der Waals surface area (Å²) in [7, 11) is 0. The molecule has 1 aromatic carbocycles. The van der Waals surface area contributed by atoms with E-state index in [1.54, 1.807) is 0 Å². The SMILES string of the molecule is Cc1nccn1Cc1ccc(CN)cc1. The Labute approximate surface area is 89.6 Å². The van der Waals surface area contributed by atoms with Gasteiger partial charge in [0.2, 0.25) is 0 Å². The van der Waals surface area contributed by atoms with E-state index in [2.05, 4.69) is 33.8 Å². The number of hydrogen-bond donors (Lipinski definition) is 1. The summed E-state index contributed by atoms with van der Waals surface area (Å²) in [6, 6.07) is 8.37. The Morgan fingerprint density at radius 1 is 1.20 bits per heavy atom. The topological polar surface area (TPSA) is 43.8 Å². The maximum atomic E-state index is 5.54. The van der Waals surface area contributed by atoms with E-state index in [0.29, 0.717) is 6.54 Å². The Morgan fingerprint density at radius 3 is 2.40 bits per heavy atom. The van der Waals surface area contributed by atoms with Gasteiger partial charge in [-0.1, -0.05) is 24.3 Å². The van der Waals surface area contributed by atoms with E-state index in [0.717, 1.165) is 12.4 Å². The fourth-order valence-electron chi connectivity index (χ4n) is 1.55. The highest BCUT2D eigenvalue weighted by atomic mass is 15.0. The second-order valence-electron chi connectivity index (χ2n) is 3.62. The highest BCUT2D eigenvalue weighted by Crippen LogP contribution is 2.07. The second-order valence-corrected chi connectivity index (χ2v) is 3.62. The minimum Gasteiger partial charge on any atom is -0.331 e. The monoisotopic (exact) mass is 201 g/mol. The van der Waals surface area contributed by atoms with Crippen LogP contribution in [0, 0.1) is 6.92 Å². The predicted molar refractivity (Wildman–Crippen MR) is 60.4 cm³/mol. The molecule has 0 aliphatic heterocycles. The lowest BCUT2D eigenvalue weighted by molar-refractivity contribution is 0.761. The molecule has 0 amide bonds. The van der Waals surface area contributed by atoms with Crippen LogP contribution in [0.2, 0.25) is 0 Å². The average molecular weight is 201 g/mol. The van der Waals surface area contributed by atoms with Crippen molar-refractivity contribution >= 4 is 0 Å². The highest BCUT2D eigenvalue weighted by molar-refractivity contribution is 5.22. The molecule has 0 atom stereocenters. The highest BCUT2D eigenvalue weighted by Gasteiger charge is 1.98. The van der Waals surface area contributed by atoms with Crippen LogP contribution in [0.3, 0.4) is 0 Å². The van der Waals surface area contributed by atoms with E-state index in [-0.39, 0.29) is 0 Å². The molecule has 0 aliphatic rings. The summed E-state index contributed by atoms with van der Waals surface area (Å²) < 4.78 is 2.12. The van der Waals surface area contributed by atoms with Gasteiger partial charge < -0.3 is 10.3 Å². The van der Waals surface area contributed by atoms with Crippen molar-refractivity contribution in [3.05, 3.63) is 53.6 Å². The van der Waals surface area contributed by atoms with Crippen molar-refractivity contribution in [2.24, 2.45) is 5.73 Å². The van der Waals surface area contributed by atoms with Crippen LogP contribution in [-0.2, 0) is 13.1 Å². The van der Waals surface area contributed by atoms with Crippen molar-refractivity contribution < 1.29 is 0 Å². The first kappa shape index (κ1) is 9.93. The lowest BCUT2D eigenvalue weighted by Crippen LogP contribution is -2.01. The van der Waals surface area contributed by atoms with E-state index in [1.165, 1.54) is 11.1 Å². The van der Waals surface area contributed by atoms with Gasteiger partial charge in [0.15, 0.2) is 0 Å².